The van der Waals surface area contributed by atoms with Crippen molar-refractivity contribution in [2.24, 2.45) is 5.92 Å². The molecule has 9 heteroatoms. The number of hydrogen-bond donors (Lipinski definition) is 6. The van der Waals surface area contributed by atoms with Crippen LogP contribution in [-0.2, 0) is 9.59 Å². The fourth-order valence-corrected chi connectivity index (χ4v) is 3.13. The van der Waals surface area contributed by atoms with Gasteiger partial charge in [0.15, 0.2) is 0 Å². The number of carbonyl (C=O) groups is 2. The van der Waals surface area contributed by atoms with E-state index < -0.39 is 0 Å². The molecular formula is C16H34N4O3S2. The second kappa shape index (κ2) is 18.5. The first kappa shape index (κ1) is 24.7. The summed E-state index contributed by atoms with van der Waals surface area (Å²) in [6, 6.07) is -0.344. The van der Waals surface area contributed by atoms with Crippen molar-refractivity contribution in [2.75, 3.05) is 51.3 Å². The number of rotatable bonds is 7. The normalized spacial score (nSPS) is 18.7. The van der Waals surface area contributed by atoms with Gasteiger partial charge in [0.25, 0.3) is 0 Å². The largest absolute Gasteiger partial charge is 0.347 e. The van der Waals surface area contributed by atoms with Gasteiger partial charge in [-0.2, -0.15) is 11.8 Å². The molecule has 0 aliphatic carbocycles. The second-order valence-electron chi connectivity index (χ2n) is 5.99. The Kier molecular flexibility index (Phi) is 18.2. The van der Waals surface area contributed by atoms with E-state index in [1.54, 1.807) is 11.8 Å². The van der Waals surface area contributed by atoms with Crippen molar-refractivity contribution >= 4 is 36.9 Å². The van der Waals surface area contributed by atoms with E-state index in [-0.39, 0.29) is 11.9 Å². The summed E-state index contributed by atoms with van der Waals surface area (Å²) >= 11 is 4.22. The third-order valence-corrected chi connectivity index (χ3v) is 4.68. The van der Waals surface area contributed by atoms with Crippen LogP contribution in [0.15, 0.2) is 0 Å². The van der Waals surface area contributed by atoms with E-state index in [0.717, 1.165) is 64.1 Å². The first-order chi connectivity index (χ1) is 12.3. The minimum absolute atomic E-state index is 0.00182. The molecule has 1 heterocycles. The zero-order chi connectivity index (χ0) is 18.8. The summed E-state index contributed by atoms with van der Waals surface area (Å²) in [7, 11) is 0. The van der Waals surface area contributed by atoms with Gasteiger partial charge in [0.2, 0.25) is 5.91 Å². The SMILES string of the molecule is CSCCC(C=O)NC(=O)CC1CCNCCNCCNCC1.OS. The molecule has 1 atom stereocenters. The third-order valence-electron chi connectivity index (χ3n) is 4.03. The van der Waals surface area contributed by atoms with Crippen LogP contribution in [0, 0.1) is 5.92 Å². The highest BCUT2D eigenvalue weighted by molar-refractivity contribution is 7.98. The van der Waals surface area contributed by atoms with Gasteiger partial charge in [-0.05, 0) is 63.2 Å². The van der Waals surface area contributed by atoms with Gasteiger partial charge < -0.3 is 30.6 Å². The molecule has 1 aliphatic heterocycles. The first-order valence-corrected chi connectivity index (χ1v) is 10.6. The Hall–Kier alpha value is -0.320. The van der Waals surface area contributed by atoms with Gasteiger partial charge in [0.1, 0.15) is 6.29 Å². The fraction of sp³-hybridized carbons (Fsp3) is 0.875. The van der Waals surface area contributed by atoms with Crippen LogP contribution in [0.1, 0.15) is 25.7 Å². The highest BCUT2D eigenvalue weighted by atomic mass is 32.2. The average Bonchev–Trinajstić information content (AvgIpc) is 2.62. The minimum atomic E-state index is -0.344. The van der Waals surface area contributed by atoms with Gasteiger partial charge in [-0.1, -0.05) is 0 Å². The minimum Gasteiger partial charge on any atom is -0.347 e. The van der Waals surface area contributed by atoms with Crippen molar-refractivity contribution in [1.82, 2.24) is 21.3 Å². The fourth-order valence-electron chi connectivity index (χ4n) is 2.64. The maximum absolute atomic E-state index is 12.2. The molecule has 1 aliphatic rings. The molecule has 0 spiro atoms. The Morgan fingerprint density at radius 1 is 1.16 bits per heavy atom. The molecule has 148 valence electrons. The molecule has 1 rings (SSSR count). The van der Waals surface area contributed by atoms with Crippen LogP contribution in [0.5, 0.6) is 0 Å². The number of nitrogens with one attached hydrogen (secondary N) is 4. The summed E-state index contributed by atoms with van der Waals surface area (Å²) in [5.74, 6) is 1.24. The van der Waals surface area contributed by atoms with Gasteiger partial charge >= 0.3 is 0 Å². The van der Waals surface area contributed by atoms with Crippen LogP contribution in [0.3, 0.4) is 0 Å². The summed E-state index contributed by atoms with van der Waals surface area (Å²) < 4.78 is 6.69. The number of thiol groups is 1. The van der Waals surface area contributed by atoms with E-state index in [2.05, 4.69) is 34.2 Å². The predicted octanol–water partition coefficient (Wildman–Crippen LogP) is 0.381. The molecule has 5 N–H and O–H groups in total. The average molecular weight is 395 g/mol. The summed E-state index contributed by atoms with van der Waals surface area (Å²) in [5, 5.41) is 13.1. The van der Waals surface area contributed by atoms with Crippen LogP contribution in [0.2, 0.25) is 0 Å². The van der Waals surface area contributed by atoms with Crippen molar-refractivity contribution in [3.8, 4) is 0 Å². The lowest BCUT2D eigenvalue weighted by molar-refractivity contribution is -0.124. The Morgan fingerprint density at radius 2 is 1.68 bits per heavy atom. The summed E-state index contributed by atoms with van der Waals surface area (Å²) in [5.41, 5.74) is 0. The Labute approximate surface area is 161 Å². The van der Waals surface area contributed by atoms with E-state index in [4.69, 9.17) is 4.55 Å². The highest BCUT2D eigenvalue weighted by Crippen LogP contribution is 2.13. The Morgan fingerprint density at radius 3 is 2.16 bits per heavy atom. The van der Waals surface area contributed by atoms with Crippen molar-refractivity contribution in [3.63, 3.8) is 0 Å². The number of carbonyl (C=O) groups excluding carboxylic acids is 2. The standard InChI is InChI=1S/C16H32N4O2S.H2OS/c1-23-11-4-15(13-21)20-16(22)12-14-2-5-17-7-9-19-10-8-18-6-3-14;1-2/h13-15,17-19H,2-12H2,1H3,(H,20,22);1-2H. The van der Waals surface area contributed by atoms with Crippen molar-refractivity contribution in [2.45, 2.75) is 31.7 Å². The van der Waals surface area contributed by atoms with E-state index in [1.807, 2.05) is 6.26 Å². The number of hydrogen-bond acceptors (Lipinski definition) is 8. The lowest BCUT2D eigenvalue weighted by atomic mass is 9.96. The second-order valence-corrected chi connectivity index (χ2v) is 6.97. The van der Waals surface area contributed by atoms with Crippen LogP contribution in [0.25, 0.3) is 0 Å². The summed E-state index contributed by atoms with van der Waals surface area (Å²) in [4.78, 5) is 23.2. The molecule has 0 aromatic carbocycles. The van der Waals surface area contributed by atoms with E-state index in [9.17, 15) is 9.59 Å². The monoisotopic (exact) mass is 394 g/mol. The quantitative estimate of drug-likeness (QED) is 0.211. The first-order valence-electron chi connectivity index (χ1n) is 8.82. The van der Waals surface area contributed by atoms with E-state index in [0.29, 0.717) is 18.8 Å². The molecule has 1 saturated heterocycles. The van der Waals surface area contributed by atoms with Crippen molar-refractivity contribution < 1.29 is 14.1 Å². The zero-order valence-corrected chi connectivity index (χ0v) is 16.8. The topological polar surface area (TPSA) is 102 Å². The smallest absolute Gasteiger partial charge is 0.220 e. The van der Waals surface area contributed by atoms with Gasteiger partial charge in [0, 0.05) is 32.6 Å². The number of thioether (sulfide) groups is 1. The van der Waals surface area contributed by atoms with Crippen LogP contribution < -0.4 is 21.3 Å². The lowest BCUT2D eigenvalue weighted by Crippen LogP contribution is -2.38. The van der Waals surface area contributed by atoms with Crippen LogP contribution in [-0.4, -0.2) is 74.1 Å². The van der Waals surface area contributed by atoms with Gasteiger partial charge in [-0.15, -0.1) is 0 Å². The number of aldehydes is 1. The van der Waals surface area contributed by atoms with E-state index in [1.165, 1.54) is 0 Å². The summed E-state index contributed by atoms with van der Waals surface area (Å²) in [6.07, 6.45) is 6.05. The van der Waals surface area contributed by atoms with Gasteiger partial charge in [-0.3, -0.25) is 4.79 Å². The molecule has 0 aromatic heterocycles. The zero-order valence-electron chi connectivity index (χ0n) is 15.1. The predicted molar refractivity (Wildman–Crippen MR) is 109 cm³/mol. The molecule has 1 amide bonds. The third kappa shape index (κ3) is 14.5. The lowest BCUT2D eigenvalue weighted by Gasteiger charge is -2.20. The van der Waals surface area contributed by atoms with Crippen LogP contribution in [0.4, 0.5) is 0 Å². The number of amides is 1. The maximum Gasteiger partial charge on any atom is 0.220 e. The highest BCUT2D eigenvalue weighted by Gasteiger charge is 2.17. The molecule has 25 heavy (non-hydrogen) atoms. The Balaban J connectivity index is 0.00000277. The molecule has 0 aromatic rings. The van der Waals surface area contributed by atoms with Gasteiger partial charge in [0.05, 0.1) is 6.04 Å². The maximum atomic E-state index is 12.2. The molecule has 0 saturated carbocycles. The van der Waals surface area contributed by atoms with Crippen molar-refractivity contribution in [1.29, 1.82) is 0 Å². The molecular weight excluding hydrogens is 360 g/mol. The molecule has 1 fully saturated rings. The molecule has 0 radical (unpaired) electrons. The molecule has 7 nitrogen and oxygen atoms in total. The van der Waals surface area contributed by atoms with E-state index >= 15 is 0 Å². The summed E-state index contributed by atoms with van der Waals surface area (Å²) in [6.45, 7) is 5.74. The molecule has 0 bridgehead atoms. The van der Waals surface area contributed by atoms with Gasteiger partial charge in [-0.25, -0.2) is 0 Å². The van der Waals surface area contributed by atoms with Crippen LogP contribution >= 0.6 is 24.7 Å². The van der Waals surface area contributed by atoms with Crippen molar-refractivity contribution in [3.05, 3.63) is 0 Å². The Bertz CT molecular complexity index is 327. The molecule has 1 unspecified atom stereocenters.